The van der Waals surface area contributed by atoms with Crippen LogP contribution in [-0.4, -0.2) is 42.3 Å². The minimum absolute atomic E-state index is 0.436. The lowest BCUT2D eigenvalue weighted by Gasteiger charge is -2.32. The van der Waals surface area contributed by atoms with Gasteiger partial charge in [-0.3, -0.25) is 0 Å². The van der Waals surface area contributed by atoms with Gasteiger partial charge in [-0.2, -0.15) is 0 Å². The van der Waals surface area contributed by atoms with Crippen molar-refractivity contribution in [1.29, 1.82) is 0 Å². The highest BCUT2D eigenvalue weighted by atomic mass is 16.3. The van der Waals surface area contributed by atoms with E-state index >= 15 is 0 Å². The van der Waals surface area contributed by atoms with Crippen molar-refractivity contribution in [3.8, 4) is 0 Å². The summed E-state index contributed by atoms with van der Waals surface area (Å²) in [5, 5.41) is 13.8. The fourth-order valence-electron chi connectivity index (χ4n) is 3.16. The Labute approximate surface area is 129 Å². The average molecular weight is 290 g/mol. The molecule has 1 aromatic carbocycles. The van der Waals surface area contributed by atoms with E-state index in [0.717, 1.165) is 45.4 Å². The average Bonchev–Trinajstić information content (AvgIpc) is 2.48. The molecule has 1 aliphatic carbocycles. The summed E-state index contributed by atoms with van der Waals surface area (Å²) >= 11 is 0. The van der Waals surface area contributed by atoms with E-state index in [0.29, 0.717) is 0 Å². The lowest BCUT2D eigenvalue weighted by molar-refractivity contribution is 0.00497. The highest BCUT2D eigenvalue weighted by molar-refractivity contribution is 5.14. The van der Waals surface area contributed by atoms with Crippen LogP contribution in [0.15, 0.2) is 30.3 Å². The van der Waals surface area contributed by atoms with Gasteiger partial charge in [-0.25, -0.2) is 0 Å². The van der Waals surface area contributed by atoms with Crippen molar-refractivity contribution in [2.45, 2.75) is 50.7 Å². The molecule has 0 amide bonds. The summed E-state index contributed by atoms with van der Waals surface area (Å²) in [6.07, 6.45) is 6.70. The fraction of sp³-hybridized carbons (Fsp3) is 0.667. The molecular weight excluding hydrogens is 260 g/mol. The summed E-state index contributed by atoms with van der Waals surface area (Å²) in [5.41, 5.74) is 0.929. The number of hydrogen-bond donors (Lipinski definition) is 2. The third kappa shape index (κ3) is 6.16. The van der Waals surface area contributed by atoms with Crippen molar-refractivity contribution in [2.24, 2.45) is 0 Å². The van der Waals surface area contributed by atoms with Crippen LogP contribution in [0.3, 0.4) is 0 Å². The molecule has 1 fully saturated rings. The van der Waals surface area contributed by atoms with Gasteiger partial charge in [0.05, 0.1) is 5.60 Å². The molecule has 0 spiro atoms. The Morgan fingerprint density at radius 2 is 1.86 bits per heavy atom. The maximum Gasteiger partial charge on any atom is 0.0771 e. The first-order chi connectivity index (χ1) is 10.2. The van der Waals surface area contributed by atoms with Crippen LogP contribution in [-0.2, 0) is 6.54 Å². The Bertz CT molecular complexity index is 387. The van der Waals surface area contributed by atoms with Gasteiger partial charge in [0.2, 0.25) is 0 Å². The van der Waals surface area contributed by atoms with E-state index in [1.165, 1.54) is 24.8 Å². The topological polar surface area (TPSA) is 35.5 Å². The molecule has 0 bridgehead atoms. The third-order valence-corrected chi connectivity index (χ3v) is 4.43. The first-order valence-electron chi connectivity index (χ1n) is 8.34. The van der Waals surface area contributed by atoms with Crippen molar-refractivity contribution in [2.75, 3.05) is 26.7 Å². The van der Waals surface area contributed by atoms with E-state index in [9.17, 15) is 5.11 Å². The van der Waals surface area contributed by atoms with Gasteiger partial charge in [-0.15, -0.1) is 0 Å². The second kappa shape index (κ2) is 8.52. The predicted octanol–water partition coefficient (Wildman–Crippen LogP) is 2.79. The Hall–Kier alpha value is -0.900. The molecule has 1 aliphatic rings. The van der Waals surface area contributed by atoms with Gasteiger partial charge >= 0.3 is 0 Å². The molecule has 2 N–H and O–H groups in total. The summed E-state index contributed by atoms with van der Waals surface area (Å²) in [7, 11) is 2.17. The molecular formula is C18H30N2O. The third-order valence-electron chi connectivity index (χ3n) is 4.43. The monoisotopic (exact) mass is 290 g/mol. The molecule has 0 heterocycles. The van der Waals surface area contributed by atoms with Gasteiger partial charge in [-0.05, 0) is 45.0 Å². The van der Waals surface area contributed by atoms with Crippen LogP contribution in [0.5, 0.6) is 0 Å². The van der Waals surface area contributed by atoms with Crippen LogP contribution >= 0.6 is 0 Å². The van der Waals surface area contributed by atoms with Crippen LogP contribution in [0.1, 0.15) is 44.1 Å². The van der Waals surface area contributed by atoms with Gasteiger partial charge < -0.3 is 15.3 Å². The number of hydrogen-bond acceptors (Lipinski definition) is 3. The quantitative estimate of drug-likeness (QED) is 0.723. The van der Waals surface area contributed by atoms with E-state index in [-0.39, 0.29) is 0 Å². The number of benzene rings is 1. The lowest BCUT2D eigenvalue weighted by atomic mass is 9.85. The number of nitrogens with zero attached hydrogens (tertiary/aromatic N) is 1. The molecule has 118 valence electrons. The second-order valence-electron chi connectivity index (χ2n) is 6.54. The second-order valence-corrected chi connectivity index (χ2v) is 6.54. The number of rotatable bonds is 8. The minimum atomic E-state index is -0.436. The zero-order chi connectivity index (χ0) is 15.0. The summed E-state index contributed by atoms with van der Waals surface area (Å²) in [6, 6.07) is 10.6. The SMILES string of the molecule is CN(CCCNCC1(O)CCCCC1)Cc1ccccc1. The van der Waals surface area contributed by atoms with E-state index < -0.39 is 5.60 Å². The van der Waals surface area contributed by atoms with Crippen LogP contribution in [0.4, 0.5) is 0 Å². The molecule has 1 aromatic rings. The molecule has 1 saturated carbocycles. The van der Waals surface area contributed by atoms with Crippen molar-refractivity contribution < 1.29 is 5.11 Å². The van der Waals surface area contributed by atoms with Crippen molar-refractivity contribution in [3.05, 3.63) is 35.9 Å². The van der Waals surface area contributed by atoms with E-state index in [4.69, 9.17) is 0 Å². The predicted molar refractivity (Wildman–Crippen MR) is 88.3 cm³/mol. The van der Waals surface area contributed by atoms with Crippen molar-refractivity contribution >= 4 is 0 Å². The molecule has 21 heavy (non-hydrogen) atoms. The van der Waals surface area contributed by atoms with Gasteiger partial charge in [0, 0.05) is 13.1 Å². The lowest BCUT2D eigenvalue weighted by Crippen LogP contribution is -2.42. The standard InChI is InChI=1S/C18H30N2O/c1-20(15-17-9-4-2-5-10-17)14-8-13-19-16-18(21)11-6-3-7-12-18/h2,4-5,9-10,19,21H,3,6-8,11-16H2,1H3. The molecule has 0 aliphatic heterocycles. The van der Waals surface area contributed by atoms with Crippen LogP contribution in [0.2, 0.25) is 0 Å². The summed E-state index contributed by atoms with van der Waals surface area (Å²) in [5.74, 6) is 0. The Balaban J connectivity index is 1.55. The van der Waals surface area contributed by atoms with Gasteiger partial charge in [0.15, 0.2) is 0 Å². The molecule has 0 saturated heterocycles. The largest absolute Gasteiger partial charge is 0.389 e. The number of nitrogens with one attached hydrogen (secondary N) is 1. The van der Waals surface area contributed by atoms with E-state index in [1.54, 1.807) is 0 Å². The maximum atomic E-state index is 10.4. The zero-order valence-corrected chi connectivity index (χ0v) is 13.4. The van der Waals surface area contributed by atoms with Crippen molar-refractivity contribution in [1.82, 2.24) is 10.2 Å². The van der Waals surface area contributed by atoms with E-state index in [1.807, 2.05) is 0 Å². The van der Waals surface area contributed by atoms with Gasteiger partial charge in [0.1, 0.15) is 0 Å². The Kier molecular flexibility index (Phi) is 6.68. The number of aliphatic hydroxyl groups is 1. The molecule has 0 atom stereocenters. The van der Waals surface area contributed by atoms with Gasteiger partial charge in [0.25, 0.3) is 0 Å². The molecule has 0 aromatic heterocycles. The normalized spacial score (nSPS) is 18.0. The highest BCUT2D eigenvalue weighted by Gasteiger charge is 2.28. The Morgan fingerprint density at radius 3 is 2.57 bits per heavy atom. The first kappa shape index (κ1) is 16.5. The van der Waals surface area contributed by atoms with E-state index in [2.05, 4.69) is 47.6 Å². The molecule has 3 nitrogen and oxygen atoms in total. The van der Waals surface area contributed by atoms with Crippen LogP contribution in [0.25, 0.3) is 0 Å². The Morgan fingerprint density at radius 1 is 1.14 bits per heavy atom. The molecule has 2 rings (SSSR count). The zero-order valence-electron chi connectivity index (χ0n) is 13.4. The fourth-order valence-corrected chi connectivity index (χ4v) is 3.16. The smallest absolute Gasteiger partial charge is 0.0771 e. The summed E-state index contributed by atoms with van der Waals surface area (Å²) in [6.45, 7) is 3.84. The van der Waals surface area contributed by atoms with Crippen molar-refractivity contribution in [3.63, 3.8) is 0 Å². The van der Waals surface area contributed by atoms with Crippen LogP contribution < -0.4 is 5.32 Å². The summed E-state index contributed by atoms with van der Waals surface area (Å²) < 4.78 is 0. The summed E-state index contributed by atoms with van der Waals surface area (Å²) in [4.78, 5) is 2.35. The highest BCUT2D eigenvalue weighted by Crippen LogP contribution is 2.27. The first-order valence-corrected chi connectivity index (χ1v) is 8.34. The minimum Gasteiger partial charge on any atom is -0.389 e. The molecule has 0 radical (unpaired) electrons. The van der Waals surface area contributed by atoms with Crippen LogP contribution in [0, 0.1) is 0 Å². The molecule has 3 heteroatoms. The van der Waals surface area contributed by atoms with Gasteiger partial charge in [-0.1, -0.05) is 49.6 Å². The maximum absolute atomic E-state index is 10.4. The molecule has 0 unspecified atom stereocenters.